The van der Waals surface area contributed by atoms with Gasteiger partial charge in [-0.25, -0.2) is 43.5 Å². The third-order valence-electron chi connectivity index (χ3n) is 9.81. The summed E-state index contributed by atoms with van der Waals surface area (Å²) in [6, 6.07) is 4.22. The van der Waals surface area contributed by atoms with Crippen molar-refractivity contribution >= 4 is 53.6 Å². The number of hydroxylamine groups is 4. The fourth-order valence-electron chi connectivity index (χ4n) is 6.22. The first-order valence-electron chi connectivity index (χ1n) is 22.7. The van der Waals surface area contributed by atoms with E-state index >= 15 is 0 Å². The number of ether oxygens (including phenoxy) is 8. The van der Waals surface area contributed by atoms with Gasteiger partial charge in [-0.2, -0.15) is 0 Å². The molecule has 33 nitrogen and oxygen atoms in total. The lowest BCUT2D eigenvalue weighted by molar-refractivity contribution is -0.261. The smallest absolute Gasteiger partial charge is 0.358 e. The molecular weight excluding hydrogens is 1020 g/mol. The Morgan fingerprint density at radius 1 is 0.520 bits per heavy atom. The lowest BCUT2D eigenvalue weighted by Gasteiger charge is -2.27. The van der Waals surface area contributed by atoms with Gasteiger partial charge in [-0.15, -0.1) is 14.5 Å². The highest BCUT2D eigenvalue weighted by atomic mass is 16.8. The third-order valence-corrected chi connectivity index (χ3v) is 9.81. The van der Waals surface area contributed by atoms with Crippen LogP contribution in [-0.2, 0) is 90.7 Å². The van der Waals surface area contributed by atoms with Crippen molar-refractivity contribution in [2.24, 2.45) is 0 Å². The maximum atomic E-state index is 12.5. The van der Waals surface area contributed by atoms with Crippen LogP contribution in [0.2, 0.25) is 0 Å². The summed E-state index contributed by atoms with van der Waals surface area (Å²) in [5.41, 5.74) is 0. The van der Waals surface area contributed by atoms with Gasteiger partial charge in [0.25, 0.3) is 5.91 Å². The van der Waals surface area contributed by atoms with Crippen LogP contribution in [0.25, 0.3) is 0 Å². The number of aliphatic hydroxyl groups is 2. The second kappa shape index (κ2) is 32.0. The largest absolute Gasteiger partial charge is 0.492 e. The number of hydrogen-bond donors (Lipinski definition) is 6. The number of nitrogens with zero attached hydrogens (tertiary/aromatic N) is 6. The molecule has 0 saturated carbocycles. The molecule has 4 rings (SSSR count). The van der Waals surface area contributed by atoms with Crippen LogP contribution in [-0.4, -0.2) is 251 Å². The van der Waals surface area contributed by atoms with Crippen LogP contribution < -0.4 is 9.68 Å². The second-order valence-electron chi connectivity index (χ2n) is 15.5. The molecule has 0 spiro atoms. The fourth-order valence-corrected chi connectivity index (χ4v) is 6.22. The molecule has 2 aliphatic heterocycles. The van der Waals surface area contributed by atoms with Crippen LogP contribution >= 0.6 is 0 Å². The molecule has 2 amide bonds. The Kier molecular flexibility index (Phi) is 25.7. The summed E-state index contributed by atoms with van der Waals surface area (Å²) >= 11 is 0. The van der Waals surface area contributed by atoms with Crippen molar-refractivity contribution in [3.63, 3.8) is 0 Å². The van der Waals surface area contributed by atoms with Crippen LogP contribution in [0.15, 0.2) is 24.3 Å². The van der Waals surface area contributed by atoms with E-state index in [2.05, 4.69) is 0 Å². The van der Waals surface area contributed by atoms with Crippen LogP contribution in [0.5, 0.6) is 23.5 Å². The van der Waals surface area contributed by atoms with Gasteiger partial charge in [0.2, 0.25) is 35.7 Å². The molecule has 0 bridgehead atoms. The van der Waals surface area contributed by atoms with Gasteiger partial charge < -0.3 is 83.0 Å². The summed E-state index contributed by atoms with van der Waals surface area (Å²) < 4.78 is 41.9. The molecule has 4 heterocycles. The molecule has 0 aromatic carbocycles. The Labute approximate surface area is 424 Å². The number of amides is 2. The van der Waals surface area contributed by atoms with Crippen molar-refractivity contribution in [3.05, 3.63) is 24.3 Å². The SMILES string of the molecule is O=C(COCC(=O)ON1C(=O)CCC1O)OCCN(CCOC(=O)COCC(=O)On1c(O)ccc1O)CCN(CCOC(=O)COCC(=O)On1c(O)ccc1O)CCOC(=O)COCC(O)ON1CCCC1=O. The second-order valence-corrected chi connectivity index (χ2v) is 15.5. The Morgan fingerprint density at radius 3 is 1.25 bits per heavy atom. The van der Waals surface area contributed by atoms with E-state index in [0.717, 1.165) is 29.3 Å². The van der Waals surface area contributed by atoms with Gasteiger partial charge in [0, 0.05) is 89.3 Å². The lowest BCUT2D eigenvalue weighted by atomic mass is 10.4. The molecule has 2 fully saturated rings. The van der Waals surface area contributed by atoms with E-state index in [-0.39, 0.29) is 97.4 Å². The summed E-state index contributed by atoms with van der Waals surface area (Å²) in [5.74, 6) is -10.1. The molecule has 75 heavy (non-hydrogen) atoms. The average Bonchev–Trinajstić information content (AvgIpc) is 4.10. The molecule has 2 aromatic heterocycles. The predicted octanol–water partition coefficient (Wildman–Crippen LogP) is -5.16. The first kappa shape index (κ1) is 60.2. The molecule has 418 valence electrons. The minimum Gasteiger partial charge on any atom is -0.492 e. The lowest BCUT2D eigenvalue weighted by Crippen LogP contribution is -2.41. The number of esters is 4. The number of aromatic nitrogens is 2. The average molecular weight is 1080 g/mol. The maximum absolute atomic E-state index is 12.5. The number of rotatable bonds is 36. The van der Waals surface area contributed by atoms with E-state index in [4.69, 9.17) is 57.2 Å². The van der Waals surface area contributed by atoms with Crippen LogP contribution in [0, 0.1) is 0 Å². The van der Waals surface area contributed by atoms with E-state index in [1.54, 1.807) is 9.80 Å². The highest BCUT2D eigenvalue weighted by molar-refractivity contribution is 5.80. The quantitative estimate of drug-likeness (QED) is 0.0211. The van der Waals surface area contributed by atoms with Crippen LogP contribution in [0.4, 0.5) is 0 Å². The third kappa shape index (κ3) is 22.7. The van der Waals surface area contributed by atoms with E-state index in [1.165, 1.54) is 0 Å². The number of hydrogen-bond acceptors (Lipinski definition) is 29. The van der Waals surface area contributed by atoms with E-state index < -0.39 is 137 Å². The van der Waals surface area contributed by atoms with Crippen molar-refractivity contribution in [2.45, 2.75) is 38.2 Å². The maximum Gasteiger partial charge on any atom is 0.358 e. The Morgan fingerprint density at radius 2 is 0.893 bits per heavy atom. The van der Waals surface area contributed by atoms with Crippen LogP contribution in [0.1, 0.15) is 25.7 Å². The number of aliphatic hydroxyl groups excluding tert-OH is 2. The summed E-state index contributed by atoms with van der Waals surface area (Å²) in [5, 5.41) is 59.8. The summed E-state index contributed by atoms with van der Waals surface area (Å²) in [4.78, 5) is 132. The Hall–Kier alpha value is -7.37. The highest BCUT2D eigenvalue weighted by Crippen LogP contribution is 2.20. The zero-order valence-corrected chi connectivity index (χ0v) is 40.2. The first-order valence-corrected chi connectivity index (χ1v) is 22.7. The summed E-state index contributed by atoms with van der Waals surface area (Å²) in [6.07, 6.45) is -2.00. The molecule has 2 atom stereocenters. The fraction of sp³-hybridized carbons (Fsp3) is 0.595. The van der Waals surface area contributed by atoms with Gasteiger partial charge >= 0.3 is 41.8 Å². The number of aromatic hydroxyl groups is 4. The zero-order chi connectivity index (χ0) is 54.7. The molecule has 6 N–H and O–H groups in total. The minimum atomic E-state index is -1.54. The molecule has 2 unspecified atom stereocenters. The monoisotopic (exact) mass is 1080 g/mol. The number of carbonyl (C=O) groups is 9. The number of carbonyl (C=O) groups excluding carboxylic acids is 9. The van der Waals surface area contributed by atoms with Crippen molar-refractivity contribution < 1.29 is 131 Å². The van der Waals surface area contributed by atoms with Crippen molar-refractivity contribution in [1.82, 2.24) is 29.4 Å². The highest BCUT2D eigenvalue weighted by Gasteiger charge is 2.33. The predicted molar refractivity (Wildman–Crippen MR) is 235 cm³/mol. The standard InChI is InChI=1S/C42H58N6O27/c49-28-2-1-9-45(28)72-39(60)24-64-20-35(56)68-16-12-43(13-17-69-36(57)21-65-25-40(61)73-46-29(50)3-4-30(46)51)10-11-44(14-18-70-37(58)22-66-26-41(62)74-47-31(52)5-6-32(47)53)15-19-71-38(59)23-67-27-42(63)75-48-33(54)7-8-34(48)55/h3-6,33,39,50-54,60H,1-2,7-27H2. The molecule has 2 aromatic rings. The zero-order valence-electron chi connectivity index (χ0n) is 40.2. The van der Waals surface area contributed by atoms with E-state index in [0.29, 0.717) is 20.9 Å². The normalized spacial score (nSPS) is 14.8. The Bertz CT molecular complexity index is 2180. The van der Waals surface area contributed by atoms with Gasteiger partial charge in [-0.3, -0.25) is 19.4 Å². The molecule has 2 saturated heterocycles. The molecule has 0 aliphatic carbocycles. The first-order chi connectivity index (χ1) is 35.9. The molecule has 0 radical (unpaired) electrons. The van der Waals surface area contributed by atoms with Crippen molar-refractivity contribution in [3.8, 4) is 23.5 Å². The van der Waals surface area contributed by atoms with Crippen LogP contribution in [0.3, 0.4) is 0 Å². The van der Waals surface area contributed by atoms with E-state index in [1.807, 2.05) is 0 Å². The molecular formula is C42H58N6O27. The van der Waals surface area contributed by atoms with Gasteiger partial charge in [-0.1, -0.05) is 0 Å². The minimum absolute atomic E-state index is 0.00141. The van der Waals surface area contributed by atoms with Gasteiger partial charge in [-0.05, 0) is 6.42 Å². The molecule has 2 aliphatic rings. The van der Waals surface area contributed by atoms with Gasteiger partial charge in [0.05, 0.1) is 0 Å². The van der Waals surface area contributed by atoms with E-state index in [9.17, 15) is 73.8 Å². The topological polar surface area (TPSA) is 409 Å². The Balaban J connectivity index is 1.28. The summed E-state index contributed by atoms with van der Waals surface area (Å²) in [6.45, 7) is -6.12. The van der Waals surface area contributed by atoms with Gasteiger partial charge in [0.1, 0.15) is 79.3 Å². The van der Waals surface area contributed by atoms with Gasteiger partial charge in [0.15, 0.2) is 6.23 Å². The van der Waals surface area contributed by atoms with Crippen molar-refractivity contribution in [2.75, 3.05) is 125 Å². The summed E-state index contributed by atoms with van der Waals surface area (Å²) in [7, 11) is 0. The molecule has 33 heteroatoms. The van der Waals surface area contributed by atoms with Crippen molar-refractivity contribution in [1.29, 1.82) is 0 Å².